The average molecular weight is 171 g/mol. The average Bonchev–Trinajstić information content (AvgIpc) is 2.09. The molecule has 12 heavy (non-hydrogen) atoms. The second-order valence-corrected chi connectivity index (χ2v) is 2.92. The fourth-order valence-corrected chi connectivity index (χ4v) is 1.03. The minimum absolute atomic E-state index is 0.211. The molecule has 0 radical (unpaired) electrons. The lowest BCUT2D eigenvalue weighted by Gasteiger charge is -2.05. The Balaban J connectivity index is 3.18. The van der Waals surface area contributed by atoms with Crippen LogP contribution in [0.4, 0.5) is 0 Å². The Hall–Kier alpha value is -0.730. The molecule has 0 aromatic rings. The van der Waals surface area contributed by atoms with E-state index < -0.39 is 6.10 Å². The predicted octanol–water partition coefficient (Wildman–Crippen LogP) is 2.63. The molecular formula is C8H17N3O. The van der Waals surface area contributed by atoms with Crippen LogP contribution >= 0.6 is 0 Å². The van der Waals surface area contributed by atoms with Gasteiger partial charge >= 0.3 is 0 Å². The van der Waals surface area contributed by atoms with E-state index in [1.54, 1.807) is 0 Å². The standard InChI is InChI=1S/C8H17N3O/c1-2-3-4-5-6-8(12)7-10-11-9/h8,12H,2-7H2,1H3. The van der Waals surface area contributed by atoms with Gasteiger partial charge in [-0.05, 0) is 12.0 Å². The van der Waals surface area contributed by atoms with Crippen LogP contribution < -0.4 is 0 Å². The van der Waals surface area contributed by atoms with Crippen molar-refractivity contribution in [2.75, 3.05) is 6.54 Å². The highest BCUT2D eigenvalue weighted by Crippen LogP contribution is 2.05. The van der Waals surface area contributed by atoms with Crippen molar-refractivity contribution < 1.29 is 5.11 Å². The highest BCUT2D eigenvalue weighted by Gasteiger charge is 2.00. The van der Waals surface area contributed by atoms with Crippen LogP contribution in [0.2, 0.25) is 0 Å². The molecule has 0 heterocycles. The van der Waals surface area contributed by atoms with Gasteiger partial charge in [0, 0.05) is 4.91 Å². The lowest BCUT2D eigenvalue weighted by molar-refractivity contribution is 0.169. The molecule has 0 rings (SSSR count). The van der Waals surface area contributed by atoms with Gasteiger partial charge in [0.05, 0.1) is 12.6 Å². The van der Waals surface area contributed by atoms with E-state index in [2.05, 4.69) is 16.9 Å². The summed E-state index contributed by atoms with van der Waals surface area (Å²) in [5, 5.41) is 12.5. The SMILES string of the molecule is CCCCCCC(O)CN=[N+]=[N-]. The van der Waals surface area contributed by atoms with Crippen LogP contribution in [-0.4, -0.2) is 17.8 Å². The molecule has 0 saturated carbocycles. The molecule has 0 aromatic carbocycles. The smallest absolute Gasteiger partial charge is 0.0596 e. The van der Waals surface area contributed by atoms with Crippen LogP contribution in [0.15, 0.2) is 5.11 Å². The lowest BCUT2D eigenvalue weighted by Crippen LogP contribution is -2.09. The zero-order valence-corrected chi connectivity index (χ0v) is 7.61. The highest BCUT2D eigenvalue weighted by molar-refractivity contribution is 4.59. The van der Waals surface area contributed by atoms with Crippen molar-refractivity contribution in [3.05, 3.63) is 10.4 Å². The molecule has 0 aliphatic carbocycles. The van der Waals surface area contributed by atoms with Gasteiger partial charge in [0.15, 0.2) is 0 Å². The van der Waals surface area contributed by atoms with Crippen molar-refractivity contribution >= 4 is 0 Å². The van der Waals surface area contributed by atoms with Gasteiger partial charge in [0.2, 0.25) is 0 Å². The predicted molar refractivity (Wildman–Crippen MR) is 48.8 cm³/mol. The molecule has 0 aliphatic rings. The Morgan fingerprint density at radius 1 is 1.42 bits per heavy atom. The minimum atomic E-state index is -0.447. The molecule has 1 N–H and O–H groups in total. The molecular weight excluding hydrogens is 154 g/mol. The summed E-state index contributed by atoms with van der Waals surface area (Å²) in [5.41, 5.74) is 7.97. The number of hydrogen-bond donors (Lipinski definition) is 1. The summed E-state index contributed by atoms with van der Waals surface area (Å²) in [7, 11) is 0. The van der Waals surface area contributed by atoms with Crippen LogP contribution in [0.1, 0.15) is 39.0 Å². The maximum atomic E-state index is 9.21. The van der Waals surface area contributed by atoms with Gasteiger partial charge in [-0.2, -0.15) is 0 Å². The summed E-state index contributed by atoms with van der Waals surface area (Å²) in [6.45, 7) is 2.36. The van der Waals surface area contributed by atoms with Gasteiger partial charge in [0.25, 0.3) is 0 Å². The van der Waals surface area contributed by atoms with Crippen LogP contribution in [0.5, 0.6) is 0 Å². The second-order valence-electron chi connectivity index (χ2n) is 2.92. The van der Waals surface area contributed by atoms with Gasteiger partial charge in [-0.3, -0.25) is 0 Å². The van der Waals surface area contributed by atoms with Gasteiger partial charge < -0.3 is 5.11 Å². The second kappa shape index (κ2) is 8.37. The number of aliphatic hydroxyl groups is 1. The number of rotatable bonds is 7. The third-order valence-electron chi connectivity index (χ3n) is 1.75. The van der Waals surface area contributed by atoms with Gasteiger partial charge in [-0.25, -0.2) is 0 Å². The van der Waals surface area contributed by atoms with Crippen LogP contribution in [-0.2, 0) is 0 Å². The summed E-state index contributed by atoms with van der Waals surface area (Å²) < 4.78 is 0. The molecule has 1 unspecified atom stereocenters. The zero-order valence-electron chi connectivity index (χ0n) is 7.61. The van der Waals surface area contributed by atoms with E-state index in [4.69, 9.17) is 5.53 Å². The van der Waals surface area contributed by atoms with Gasteiger partial charge in [-0.15, -0.1) is 0 Å². The zero-order chi connectivity index (χ0) is 9.23. The first-order valence-corrected chi connectivity index (χ1v) is 4.50. The van der Waals surface area contributed by atoms with Crippen molar-refractivity contribution in [3.63, 3.8) is 0 Å². The van der Waals surface area contributed by atoms with Crippen molar-refractivity contribution in [2.24, 2.45) is 5.11 Å². The molecule has 0 aliphatic heterocycles. The van der Waals surface area contributed by atoms with Crippen molar-refractivity contribution in [2.45, 2.75) is 45.1 Å². The van der Waals surface area contributed by atoms with E-state index in [9.17, 15) is 5.11 Å². The Kier molecular flexibility index (Phi) is 7.86. The summed E-state index contributed by atoms with van der Waals surface area (Å²) in [6.07, 6.45) is 4.90. The Labute approximate surface area is 73.2 Å². The number of azide groups is 1. The number of aliphatic hydroxyl groups excluding tert-OH is 1. The van der Waals surface area contributed by atoms with Gasteiger partial charge in [0.1, 0.15) is 0 Å². The van der Waals surface area contributed by atoms with Crippen molar-refractivity contribution in [1.82, 2.24) is 0 Å². The topological polar surface area (TPSA) is 69.0 Å². The number of nitrogens with zero attached hydrogens (tertiary/aromatic N) is 3. The highest BCUT2D eigenvalue weighted by atomic mass is 16.3. The molecule has 0 amide bonds. The Morgan fingerprint density at radius 3 is 2.75 bits per heavy atom. The van der Waals surface area contributed by atoms with Crippen LogP contribution in [0.3, 0.4) is 0 Å². The van der Waals surface area contributed by atoms with E-state index >= 15 is 0 Å². The van der Waals surface area contributed by atoms with E-state index in [-0.39, 0.29) is 6.54 Å². The fourth-order valence-electron chi connectivity index (χ4n) is 1.03. The summed E-state index contributed by atoms with van der Waals surface area (Å²) in [5.74, 6) is 0. The van der Waals surface area contributed by atoms with E-state index in [1.165, 1.54) is 12.8 Å². The summed E-state index contributed by atoms with van der Waals surface area (Å²) in [4.78, 5) is 2.59. The third-order valence-corrected chi connectivity index (χ3v) is 1.75. The van der Waals surface area contributed by atoms with Crippen molar-refractivity contribution in [1.29, 1.82) is 0 Å². The molecule has 4 heteroatoms. The Bertz CT molecular complexity index is 143. The molecule has 4 nitrogen and oxygen atoms in total. The molecule has 0 aromatic heterocycles. The van der Waals surface area contributed by atoms with E-state index in [1.807, 2.05) is 0 Å². The molecule has 0 bridgehead atoms. The number of hydrogen-bond acceptors (Lipinski definition) is 2. The van der Waals surface area contributed by atoms with E-state index in [0.29, 0.717) is 0 Å². The van der Waals surface area contributed by atoms with E-state index in [0.717, 1.165) is 19.3 Å². The monoisotopic (exact) mass is 171 g/mol. The largest absolute Gasteiger partial charge is 0.393 e. The molecule has 0 spiro atoms. The maximum Gasteiger partial charge on any atom is 0.0596 e. The van der Waals surface area contributed by atoms with Crippen LogP contribution in [0.25, 0.3) is 10.4 Å². The molecule has 0 saturated heterocycles. The quantitative estimate of drug-likeness (QED) is 0.272. The van der Waals surface area contributed by atoms with Crippen molar-refractivity contribution in [3.8, 4) is 0 Å². The first kappa shape index (κ1) is 11.3. The third kappa shape index (κ3) is 7.38. The lowest BCUT2D eigenvalue weighted by atomic mass is 10.1. The fraction of sp³-hybridized carbons (Fsp3) is 1.00. The first-order chi connectivity index (χ1) is 5.81. The first-order valence-electron chi connectivity index (χ1n) is 4.50. The number of unbranched alkanes of at least 4 members (excludes halogenated alkanes) is 3. The molecule has 70 valence electrons. The summed E-state index contributed by atoms with van der Waals surface area (Å²) in [6, 6.07) is 0. The maximum absolute atomic E-state index is 9.21. The molecule has 0 fully saturated rings. The minimum Gasteiger partial charge on any atom is -0.393 e. The van der Waals surface area contributed by atoms with Crippen LogP contribution in [0, 0.1) is 0 Å². The normalized spacial score (nSPS) is 12.2. The van der Waals surface area contributed by atoms with Gasteiger partial charge in [-0.1, -0.05) is 37.7 Å². The summed E-state index contributed by atoms with van der Waals surface area (Å²) >= 11 is 0. The Morgan fingerprint density at radius 2 is 2.17 bits per heavy atom. The molecule has 1 atom stereocenters.